The monoisotopic (exact) mass is 264 g/mol. The molecule has 1 aromatic rings. The van der Waals surface area contributed by atoms with Gasteiger partial charge in [0.2, 0.25) is 0 Å². The minimum atomic E-state index is 0.496. The van der Waals surface area contributed by atoms with Crippen molar-refractivity contribution in [2.75, 3.05) is 13.1 Å². The minimum absolute atomic E-state index is 0.496. The predicted octanol–water partition coefficient (Wildman–Crippen LogP) is 3.40. The second-order valence-corrected chi connectivity index (χ2v) is 6.03. The first-order valence-corrected chi connectivity index (χ1v) is 7.70. The molecular weight excluding hydrogens is 236 g/mol. The summed E-state index contributed by atoms with van der Waals surface area (Å²) < 4.78 is 5.62. The van der Waals surface area contributed by atoms with Crippen LogP contribution >= 0.6 is 0 Å². The van der Waals surface area contributed by atoms with Gasteiger partial charge in [-0.2, -0.15) is 0 Å². The Labute approximate surface area is 117 Å². The molecule has 1 heterocycles. The fourth-order valence-electron chi connectivity index (χ4n) is 2.55. The van der Waals surface area contributed by atoms with E-state index in [1.54, 1.807) is 0 Å². The number of hydrogen-bond acceptors (Lipinski definition) is 3. The quantitative estimate of drug-likeness (QED) is 0.780. The highest BCUT2D eigenvalue weighted by molar-refractivity contribution is 5.17. The minimum Gasteiger partial charge on any atom is -0.468 e. The van der Waals surface area contributed by atoms with Crippen molar-refractivity contribution < 1.29 is 4.42 Å². The molecule has 0 aliphatic heterocycles. The molecule has 1 fully saturated rings. The Morgan fingerprint density at radius 1 is 1.42 bits per heavy atom. The predicted molar refractivity (Wildman–Crippen MR) is 79.0 cm³/mol. The summed E-state index contributed by atoms with van der Waals surface area (Å²) in [4.78, 5) is 2.55. The standard InChI is InChI=1S/C16H28N2O/c1-4-18(11-14-6-5-7-14)12-15-8-9-19-16(15)10-17-13(2)3/h8-9,13-14,17H,4-7,10-12H2,1-3H3. The van der Waals surface area contributed by atoms with Crippen molar-refractivity contribution in [1.82, 2.24) is 10.2 Å². The van der Waals surface area contributed by atoms with Gasteiger partial charge < -0.3 is 9.73 Å². The highest BCUT2D eigenvalue weighted by Crippen LogP contribution is 2.27. The van der Waals surface area contributed by atoms with Crippen molar-refractivity contribution in [3.63, 3.8) is 0 Å². The number of furan rings is 1. The Morgan fingerprint density at radius 2 is 2.21 bits per heavy atom. The van der Waals surface area contributed by atoms with Gasteiger partial charge in [-0.25, -0.2) is 0 Å². The Balaban J connectivity index is 1.87. The third-order valence-electron chi connectivity index (χ3n) is 4.09. The average Bonchev–Trinajstić information content (AvgIpc) is 2.76. The van der Waals surface area contributed by atoms with Crippen LogP contribution in [0.1, 0.15) is 51.4 Å². The summed E-state index contributed by atoms with van der Waals surface area (Å²) in [7, 11) is 0. The number of nitrogens with one attached hydrogen (secondary N) is 1. The SMILES string of the molecule is CCN(Cc1ccoc1CNC(C)C)CC1CCC1. The lowest BCUT2D eigenvalue weighted by Gasteiger charge is -2.31. The Hall–Kier alpha value is -0.800. The summed E-state index contributed by atoms with van der Waals surface area (Å²) in [5.74, 6) is 2.03. The Bertz CT molecular complexity index is 369. The molecular formula is C16H28N2O. The van der Waals surface area contributed by atoms with E-state index >= 15 is 0 Å². The summed E-state index contributed by atoms with van der Waals surface area (Å²) >= 11 is 0. The van der Waals surface area contributed by atoms with E-state index in [0.29, 0.717) is 6.04 Å². The van der Waals surface area contributed by atoms with E-state index in [9.17, 15) is 0 Å². The van der Waals surface area contributed by atoms with Crippen molar-refractivity contribution in [1.29, 1.82) is 0 Å². The summed E-state index contributed by atoms with van der Waals surface area (Å²) in [6, 6.07) is 2.62. The van der Waals surface area contributed by atoms with Crippen LogP contribution in [0.3, 0.4) is 0 Å². The molecule has 0 atom stereocenters. The van der Waals surface area contributed by atoms with Gasteiger partial charge in [0.15, 0.2) is 0 Å². The normalized spacial score (nSPS) is 16.3. The van der Waals surface area contributed by atoms with Crippen molar-refractivity contribution in [3.8, 4) is 0 Å². The van der Waals surface area contributed by atoms with E-state index in [1.165, 1.54) is 31.4 Å². The first-order valence-electron chi connectivity index (χ1n) is 7.70. The van der Waals surface area contributed by atoms with Crippen LogP contribution in [0.5, 0.6) is 0 Å². The van der Waals surface area contributed by atoms with Gasteiger partial charge in [-0.05, 0) is 31.4 Å². The second-order valence-electron chi connectivity index (χ2n) is 6.03. The van der Waals surface area contributed by atoms with E-state index in [-0.39, 0.29) is 0 Å². The third-order valence-corrected chi connectivity index (χ3v) is 4.09. The molecule has 0 saturated heterocycles. The van der Waals surface area contributed by atoms with Crippen LogP contribution in [0.25, 0.3) is 0 Å². The fraction of sp³-hybridized carbons (Fsp3) is 0.750. The molecule has 0 unspecified atom stereocenters. The van der Waals surface area contributed by atoms with Gasteiger partial charge >= 0.3 is 0 Å². The van der Waals surface area contributed by atoms with Crippen LogP contribution in [-0.2, 0) is 13.1 Å². The molecule has 3 heteroatoms. The van der Waals surface area contributed by atoms with Crippen LogP contribution < -0.4 is 5.32 Å². The maximum Gasteiger partial charge on any atom is 0.122 e. The van der Waals surface area contributed by atoms with Crippen molar-refractivity contribution in [2.24, 2.45) is 5.92 Å². The van der Waals surface area contributed by atoms with Crippen molar-refractivity contribution in [2.45, 2.75) is 59.2 Å². The van der Waals surface area contributed by atoms with Gasteiger partial charge in [0.1, 0.15) is 5.76 Å². The zero-order chi connectivity index (χ0) is 13.7. The lowest BCUT2D eigenvalue weighted by Crippen LogP contribution is -2.32. The van der Waals surface area contributed by atoms with Gasteiger partial charge in [-0.1, -0.05) is 27.2 Å². The number of rotatable bonds is 8. The first kappa shape index (κ1) is 14.6. The molecule has 19 heavy (non-hydrogen) atoms. The van der Waals surface area contributed by atoms with E-state index in [2.05, 4.69) is 37.1 Å². The highest BCUT2D eigenvalue weighted by atomic mass is 16.3. The molecule has 1 N–H and O–H groups in total. The molecule has 1 aliphatic carbocycles. The summed E-state index contributed by atoms with van der Waals surface area (Å²) in [5, 5.41) is 3.43. The van der Waals surface area contributed by atoms with Gasteiger partial charge in [0.05, 0.1) is 12.8 Å². The maximum atomic E-state index is 5.62. The molecule has 0 aromatic carbocycles. The molecule has 0 spiro atoms. The van der Waals surface area contributed by atoms with Gasteiger partial charge in [0, 0.05) is 24.7 Å². The van der Waals surface area contributed by atoms with Crippen LogP contribution in [0, 0.1) is 5.92 Å². The number of hydrogen-bond donors (Lipinski definition) is 1. The largest absolute Gasteiger partial charge is 0.468 e. The molecule has 1 aromatic heterocycles. The maximum absolute atomic E-state index is 5.62. The molecule has 1 aliphatic rings. The smallest absolute Gasteiger partial charge is 0.122 e. The average molecular weight is 264 g/mol. The van der Waals surface area contributed by atoms with Crippen LogP contribution in [0.2, 0.25) is 0 Å². The molecule has 0 radical (unpaired) electrons. The lowest BCUT2D eigenvalue weighted by atomic mass is 9.85. The van der Waals surface area contributed by atoms with E-state index in [0.717, 1.165) is 31.3 Å². The lowest BCUT2D eigenvalue weighted by molar-refractivity contribution is 0.177. The molecule has 108 valence electrons. The summed E-state index contributed by atoms with van der Waals surface area (Å²) in [6.07, 6.45) is 6.09. The van der Waals surface area contributed by atoms with Crippen LogP contribution in [-0.4, -0.2) is 24.0 Å². The summed E-state index contributed by atoms with van der Waals surface area (Å²) in [6.45, 7) is 10.8. The van der Waals surface area contributed by atoms with E-state index in [1.807, 2.05) is 6.26 Å². The molecule has 3 nitrogen and oxygen atoms in total. The first-order chi connectivity index (χ1) is 9.19. The zero-order valence-corrected chi connectivity index (χ0v) is 12.6. The highest BCUT2D eigenvalue weighted by Gasteiger charge is 2.20. The Kier molecular flexibility index (Phi) is 5.46. The van der Waals surface area contributed by atoms with Crippen molar-refractivity contribution >= 4 is 0 Å². The number of nitrogens with zero attached hydrogens (tertiary/aromatic N) is 1. The third kappa shape index (κ3) is 4.36. The topological polar surface area (TPSA) is 28.4 Å². The van der Waals surface area contributed by atoms with Crippen LogP contribution in [0.15, 0.2) is 16.7 Å². The second kappa shape index (κ2) is 7.11. The van der Waals surface area contributed by atoms with E-state index in [4.69, 9.17) is 4.42 Å². The van der Waals surface area contributed by atoms with Crippen molar-refractivity contribution in [3.05, 3.63) is 23.7 Å². The van der Waals surface area contributed by atoms with Gasteiger partial charge in [-0.15, -0.1) is 0 Å². The van der Waals surface area contributed by atoms with E-state index < -0.39 is 0 Å². The van der Waals surface area contributed by atoms with Gasteiger partial charge in [0.25, 0.3) is 0 Å². The molecule has 0 bridgehead atoms. The zero-order valence-electron chi connectivity index (χ0n) is 12.6. The Morgan fingerprint density at radius 3 is 2.79 bits per heavy atom. The summed E-state index contributed by atoms with van der Waals surface area (Å²) in [5.41, 5.74) is 1.34. The fourth-order valence-corrected chi connectivity index (χ4v) is 2.55. The molecule has 0 amide bonds. The molecule has 1 saturated carbocycles. The molecule has 2 rings (SSSR count). The van der Waals surface area contributed by atoms with Gasteiger partial charge in [-0.3, -0.25) is 4.90 Å². The van der Waals surface area contributed by atoms with Crippen LogP contribution in [0.4, 0.5) is 0 Å².